The lowest BCUT2D eigenvalue weighted by atomic mass is 10.0. The van der Waals surface area contributed by atoms with E-state index >= 15 is 0 Å². The molecule has 0 radical (unpaired) electrons. The van der Waals surface area contributed by atoms with Crippen LogP contribution in [-0.2, 0) is 22.7 Å². The number of aromatic nitrogens is 3. The van der Waals surface area contributed by atoms with Gasteiger partial charge in [0, 0.05) is 32.8 Å². The van der Waals surface area contributed by atoms with Gasteiger partial charge in [-0.05, 0) is 42.3 Å². The molecule has 0 saturated carbocycles. The number of hydrogen-bond acceptors (Lipinski definition) is 4. The minimum Gasteiger partial charge on any atom is -0.507 e. The van der Waals surface area contributed by atoms with Gasteiger partial charge in [0.15, 0.2) is 0 Å². The molecule has 1 unspecified atom stereocenters. The molecular weight excluding hydrogens is 499 g/mol. The molecule has 9 heteroatoms. The van der Waals surface area contributed by atoms with Crippen LogP contribution in [0.25, 0.3) is 27.1 Å². The third-order valence-electron chi connectivity index (χ3n) is 7.07. The van der Waals surface area contributed by atoms with Crippen LogP contribution in [0, 0.1) is 19.3 Å². The number of rotatable bonds is 8. The van der Waals surface area contributed by atoms with Crippen LogP contribution in [0.3, 0.4) is 0 Å². The van der Waals surface area contributed by atoms with Crippen LogP contribution in [0.2, 0.25) is 25.7 Å². The SMILES string of the molecule is [C-]#[N+]c1ccc2c(cc(-c3cn4c(n3)C(c3cccc(F)c3C)OCC4)n2COCC[Si](C)(C)C)c1OC. The zero-order valence-corrected chi connectivity index (χ0v) is 23.5. The van der Waals surface area contributed by atoms with Gasteiger partial charge >= 0.3 is 0 Å². The van der Waals surface area contributed by atoms with E-state index in [-0.39, 0.29) is 5.82 Å². The summed E-state index contributed by atoms with van der Waals surface area (Å²) in [6, 6.07) is 11.9. The first-order valence-corrected chi connectivity index (χ1v) is 16.5. The quantitative estimate of drug-likeness (QED) is 0.140. The predicted molar refractivity (Wildman–Crippen MR) is 149 cm³/mol. The average Bonchev–Trinajstić information content (AvgIpc) is 3.48. The highest BCUT2D eigenvalue weighted by molar-refractivity contribution is 6.76. The van der Waals surface area contributed by atoms with E-state index in [1.807, 2.05) is 24.4 Å². The number of nitrogens with zero attached hydrogens (tertiary/aromatic N) is 4. The second-order valence-electron chi connectivity index (χ2n) is 10.9. The molecule has 5 rings (SSSR count). The van der Waals surface area contributed by atoms with E-state index in [0.717, 1.165) is 39.7 Å². The van der Waals surface area contributed by atoms with Crippen LogP contribution in [0.5, 0.6) is 5.75 Å². The first-order valence-electron chi connectivity index (χ1n) is 12.8. The zero-order chi connectivity index (χ0) is 27.0. The lowest BCUT2D eigenvalue weighted by Crippen LogP contribution is -2.23. The van der Waals surface area contributed by atoms with Crippen molar-refractivity contribution in [3.05, 3.63) is 76.8 Å². The summed E-state index contributed by atoms with van der Waals surface area (Å²) in [4.78, 5) is 8.66. The van der Waals surface area contributed by atoms with Crippen molar-refractivity contribution in [2.75, 3.05) is 20.3 Å². The molecule has 2 aromatic carbocycles. The number of hydrogen-bond donors (Lipinski definition) is 0. The fourth-order valence-electron chi connectivity index (χ4n) is 4.91. The number of fused-ring (bicyclic) bond motifs is 2. The molecule has 198 valence electrons. The fourth-order valence-corrected chi connectivity index (χ4v) is 5.66. The van der Waals surface area contributed by atoms with Crippen molar-refractivity contribution in [3.63, 3.8) is 0 Å². The number of methoxy groups -OCH3 is 1. The molecular formula is C29H33FN4O3Si. The largest absolute Gasteiger partial charge is 0.507 e. The number of benzene rings is 2. The maximum absolute atomic E-state index is 14.4. The standard InChI is InChI=1S/C29H33FN4O3Si/c1-19-20(8-7-9-22(19)30)28-29-32-24(17-33(29)12-13-37-28)26-16-21-25(11-10-23(31-2)27(21)35-3)34(26)18-36-14-15-38(4,5)6/h7-11,16-17,28H,12-15,18H2,1,3-6H3. The van der Waals surface area contributed by atoms with Gasteiger partial charge in [0.25, 0.3) is 0 Å². The Labute approximate surface area is 223 Å². The third-order valence-corrected chi connectivity index (χ3v) is 8.77. The Bertz CT molecular complexity index is 1530. The molecule has 2 aromatic heterocycles. The van der Waals surface area contributed by atoms with E-state index in [4.69, 9.17) is 25.8 Å². The Morgan fingerprint density at radius 1 is 1.24 bits per heavy atom. The van der Waals surface area contributed by atoms with Crippen LogP contribution in [0.15, 0.2) is 42.6 Å². The minimum atomic E-state index is -1.24. The Balaban J connectivity index is 1.60. The molecule has 4 aromatic rings. The van der Waals surface area contributed by atoms with Gasteiger partial charge in [-0.25, -0.2) is 14.2 Å². The van der Waals surface area contributed by atoms with Gasteiger partial charge in [-0.3, -0.25) is 0 Å². The maximum Gasteiger partial charge on any atom is 0.228 e. The zero-order valence-electron chi connectivity index (χ0n) is 22.5. The van der Waals surface area contributed by atoms with Crippen LogP contribution < -0.4 is 4.74 Å². The van der Waals surface area contributed by atoms with Crippen LogP contribution in [0.4, 0.5) is 10.1 Å². The summed E-state index contributed by atoms with van der Waals surface area (Å²) >= 11 is 0. The number of imidazole rings is 1. The van der Waals surface area contributed by atoms with Gasteiger partial charge in [0.2, 0.25) is 5.69 Å². The van der Waals surface area contributed by atoms with Crippen molar-refractivity contribution >= 4 is 24.7 Å². The topological polar surface area (TPSA) is 54.8 Å². The molecule has 0 amide bonds. The minimum absolute atomic E-state index is 0.256. The summed E-state index contributed by atoms with van der Waals surface area (Å²) in [6.07, 6.45) is 1.57. The van der Waals surface area contributed by atoms with Crippen molar-refractivity contribution in [2.45, 2.75) is 52.0 Å². The molecule has 1 aliphatic heterocycles. The summed E-state index contributed by atoms with van der Waals surface area (Å²) < 4.78 is 36.5. The molecule has 0 fully saturated rings. The van der Waals surface area contributed by atoms with Crippen LogP contribution >= 0.6 is 0 Å². The maximum atomic E-state index is 14.4. The van der Waals surface area contributed by atoms with E-state index in [2.05, 4.69) is 33.6 Å². The van der Waals surface area contributed by atoms with Crippen molar-refractivity contribution in [1.29, 1.82) is 0 Å². The van der Waals surface area contributed by atoms with E-state index < -0.39 is 14.2 Å². The molecule has 38 heavy (non-hydrogen) atoms. The van der Waals surface area contributed by atoms with Crippen LogP contribution in [0.1, 0.15) is 23.1 Å². The van der Waals surface area contributed by atoms with Crippen molar-refractivity contribution in [1.82, 2.24) is 14.1 Å². The highest BCUT2D eigenvalue weighted by Crippen LogP contribution is 2.41. The lowest BCUT2D eigenvalue weighted by molar-refractivity contribution is 0.0424. The smallest absolute Gasteiger partial charge is 0.228 e. The van der Waals surface area contributed by atoms with Gasteiger partial charge in [-0.2, -0.15) is 0 Å². The summed E-state index contributed by atoms with van der Waals surface area (Å²) in [5.41, 5.74) is 4.35. The molecule has 3 heterocycles. The first-order chi connectivity index (χ1) is 18.2. The van der Waals surface area contributed by atoms with E-state index in [9.17, 15) is 4.39 Å². The molecule has 0 N–H and O–H groups in total. The van der Waals surface area contributed by atoms with Gasteiger partial charge < -0.3 is 23.3 Å². The van der Waals surface area contributed by atoms with Gasteiger partial charge in [0.1, 0.15) is 35.9 Å². The van der Waals surface area contributed by atoms with Crippen LogP contribution in [-0.4, -0.2) is 42.5 Å². The van der Waals surface area contributed by atoms with Crippen molar-refractivity contribution < 1.29 is 18.6 Å². The summed E-state index contributed by atoms with van der Waals surface area (Å²) in [7, 11) is 0.350. The molecule has 0 saturated heterocycles. The van der Waals surface area contributed by atoms with Crippen molar-refractivity contribution in [3.8, 4) is 17.1 Å². The predicted octanol–water partition coefficient (Wildman–Crippen LogP) is 6.94. The van der Waals surface area contributed by atoms with Gasteiger partial charge in [-0.15, -0.1) is 0 Å². The first kappa shape index (κ1) is 26.2. The highest BCUT2D eigenvalue weighted by atomic mass is 28.3. The number of halogens is 1. The second kappa shape index (κ2) is 10.4. The number of ether oxygens (including phenoxy) is 3. The molecule has 0 spiro atoms. The Morgan fingerprint density at radius 2 is 2.05 bits per heavy atom. The molecule has 7 nitrogen and oxygen atoms in total. The molecule has 0 bridgehead atoms. The lowest BCUT2D eigenvalue weighted by Gasteiger charge is -2.25. The molecule has 1 atom stereocenters. The van der Waals surface area contributed by atoms with E-state index in [1.54, 1.807) is 26.2 Å². The summed E-state index contributed by atoms with van der Waals surface area (Å²) in [6.45, 7) is 18.5. The Hall–Kier alpha value is -3.45. The van der Waals surface area contributed by atoms with Gasteiger partial charge in [0.05, 0.1) is 31.5 Å². The van der Waals surface area contributed by atoms with E-state index in [0.29, 0.717) is 43.5 Å². The Morgan fingerprint density at radius 3 is 2.79 bits per heavy atom. The third kappa shape index (κ3) is 4.87. The molecule has 0 aliphatic carbocycles. The monoisotopic (exact) mass is 532 g/mol. The fraction of sp³-hybridized carbons (Fsp3) is 0.379. The average molecular weight is 533 g/mol. The second-order valence-corrected chi connectivity index (χ2v) is 16.5. The molecule has 1 aliphatic rings. The summed E-state index contributed by atoms with van der Waals surface area (Å²) in [5, 5.41) is 0.838. The normalized spacial score (nSPS) is 15.4. The van der Waals surface area contributed by atoms with Gasteiger partial charge in [-0.1, -0.05) is 37.8 Å². The Kier molecular flexibility index (Phi) is 7.14. The van der Waals surface area contributed by atoms with Crippen molar-refractivity contribution in [2.24, 2.45) is 0 Å². The highest BCUT2D eigenvalue weighted by Gasteiger charge is 2.29. The summed E-state index contributed by atoms with van der Waals surface area (Å²) in [5.74, 6) is 1.03. The van der Waals surface area contributed by atoms with E-state index in [1.165, 1.54) is 6.07 Å².